The molecule has 1 rings (SSSR count). The number of amides is 1. The summed E-state index contributed by atoms with van der Waals surface area (Å²) >= 11 is 5.84. The Morgan fingerprint density at radius 1 is 1.58 bits per heavy atom. The van der Waals surface area contributed by atoms with Gasteiger partial charge in [0.15, 0.2) is 0 Å². The smallest absolute Gasteiger partial charge is 0.232 e. The van der Waals surface area contributed by atoms with Crippen LogP contribution in [0.25, 0.3) is 0 Å². The minimum Gasteiger partial charge on any atom is -0.475 e. The van der Waals surface area contributed by atoms with Gasteiger partial charge in [0.2, 0.25) is 11.8 Å². The number of halogens is 3. The predicted octanol–water partition coefficient (Wildman–Crippen LogP) is 1.81. The van der Waals surface area contributed by atoms with Gasteiger partial charge >= 0.3 is 0 Å². The summed E-state index contributed by atoms with van der Waals surface area (Å²) in [5.74, 6) is 0.284. The molecule has 0 bridgehead atoms. The Hall–Kier alpha value is -0.750. The average molecular weight is 331 g/mol. The molecule has 1 amide bonds. The van der Waals surface area contributed by atoms with Crippen LogP contribution in [0.2, 0.25) is 5.02 Å². The lowest BCUT2D eigenvalue weighted by Gasteiger charge is -2.08. The normalized spacial score (nSPS) is 10.7. The van der Waals surface area contributed by atoms with Gasteiger partial charge in [-0.25, -0.2) is 4.98 Å². The van der Waals surface area contributed by atoms with Crippen LogP contribution in [0, 0.1) is 0 Å². The van der Waals surface area contributed by atoms with Crippen LogP contribution >= 0.6 is 36.4 Å². The van der Waals surface area contributed by atoms with Crippen LogP contribution in [0.1, 0.15) is 13.3 Å². The maximum Gasteiger partial charge on any atom is 0.232 e. The molecule has 8 heteroatoms. The Labute approximate surface area is 130 Å². The van der Waals surface area contributed by atoms with Crippen molar-refractivity contribution in [1.29, 1.82) is 0 Å². The summed E-state index contributed by atoms with van der Waals surface area (Å²) in [6.45, 7) is 2.50. The molecule has 0 saturated heterocycles. The Balaban J connectivity index is 0. The van der Waals surface area contributed by atoms with Gasteiger partial charge in [-0.1, -0.05) is 11.6 Å². The fourth-order valence-corrected chi connectivity index (χ4v) is 1.36. The highest BCUT2D eigenvalue weighted by molar-refractivity contribution is 6.31. The van der Waals surface area contributed by atoms with Crippen LogP contribution in [0.15, 0.2) is 18.3 Å². The number of nitrogens with two attached hydrogens (primary N) is 1. The standard InChI is InChI=1S/C11H16ClN3O2.2ClH/c1-8(13)7-10(16)14-5-6-17-11-9(12)3-2-4-15-11;;/h2-4,8H,5-7,13H2,1H3,(H,14,16);2*1H. The number of nitrogens with one attached hydrogen (secondary N) is 1. The summed E-state index contributed by atoms with van der Waals surface area (Å²) in [6, 6.07) is 3.28. The number of aromatic nitrogens is 1. The quantitative estimate of drug-likeness (QED) is 0.780. The molecule has 19 heavy (non-hydrogen) atoms. The molecule has 1 aromatic heterocycles. The van der Waals surface area contributed by atoms with E-state index in [1.54, 1.807) is 25.3 Å². The third kappa shape index (κ3) is 8.88. The number of nitrogens with zero attached hydrogens (tertiary/aromatic N) is 1. The summed E-state index contributed by atoms with van der Waals surface area (Å²) in [6.07, 6.45) is 1.90. The van der Waals surface area contributed by atoms with E-state index in [-0.39, 0.29) is 36.8 Å². The zero-order chi connectivity index (χ0) is 12.7. The van der Waals surface area contributed by atoms with Gasteiger partial charge in [-0.2, -0.15) is 0 Å². The van der Waals surface area contributed by atoms with Gasteiger partial charge in [-0.15, -0.1) is 24.8 Å². The SMILES string of the molecule is CC(N)CC(=O)NCCOc1ncccc1Cl.Cl.Cl. The third-order valence-electron chi connectivity index (χ3n) is 1.90. The Morgan fingerprint density at radius 2 is 2.26 bits per heavy atom. The van der Waals surface area contributed by atoms with Crippen molar-refractivity contribution in [2.24, 2.45) is 5.73 Å². The van der Waals surface area contributed by atoms with Crippen molar-refractivity contribution in [2.45, 2.75) is 19.4 Å². The molecule has 0 radical (unpaired) electrons. The van der Waals surface area contributed by atoms with Crippen molar-refractivity contribution < 1.29 is 9.53 Å². The molecule has 1 aromatic rings. The number of carbonyl (C=O) groups is 1. The Kier molecular flexibility index (Phi) is 12.0. The topological polar surface area (TPSA) is 77.2 Å². The molecular formula is C11H18Cl3N3O2. The first-order valence-corrected chi connectivity index (χ1v) is 5.73. The van der Waals surface area contributed by atoms with Gasteiger partial charge in [0.1, 0.15) is 11.6 Å². The van der Waals surface area contributed by atoms with Crippen molar-refractivity contribution in [3.8, 4) is 5.88 Å². The van der Waals surface area contributed by atoms with Crippen LogP contribution < -0.4 is 15.8 Å². The molecule has 0 saturated carbocycles. The lowest BCUT2D eigenvalue weighted by atomic mass is 10.2. The molecule has 0 aliphatic rings. The minimum absolute atomic E-state index is 0. The highest BCUT2D eigenvalue weighted by atomic mass is 35.5. The monoisotopic (exact) mass is 329 g/mol. The van der Waals surface area contributed by atoms with Crippen molar-refractivity contribution in [3.05, 3.63) is 23.4 Å². The third-order valence-corrected chi connectivity index (χ3v) is 2.18. The number of ether oxygens (including phenoxy) is 1. The molecule has 0 aliphatic heterocycles. The van der Waals surface area contributed by atoms with E-state index in [1.807, 2.05) is 0 Å². The largest absolute Gasteiger partial charge is 0.475 e. The Bertz CT molecular complexity index is 378. The molecule has 5 nitrogen and oxygen atoms in total. The van der Waals surface area contributed by atoms with Gasteiger partial charge in [-0.3, -0.25) is 4.79 Å². The van der Waals surface area contributed by atoms with E-state index < -0.39 is 0 Å². The van der Waals surface area contributed by atoms with Gasteiger partial charge in [0.25, 0.3) is 0 Å². The lowest BCUT2D eigenvalue weighted by Crippen LogP contribution is -2.32. The zero-order valence-corrected chi connectivity index (χ0v) is 12.9. The molecular weight excluding hydrogens is 312 g/mol. The molecule has 3 N–H and O–H groups in total. The summed E-state index contributed by atoms with van der Waals surface area (Å²) in [7, 11) is 0. The first kappa shape index (κ1) is 20.6. The van der Waals surface area contributed by atoms with E-state index in [9.17, 15) is 4.79 Å². The van der Waals surface area contributed by atoms with Crippen molar-refractivity contribution in [1.82, 2.24) is 10.3 Å². The van der Waals surface area contributed by atoms with E-state index in [2.05, 4.69) is 10.3 Å². The van der Waals surface area contributed by atoms with E-state index in [4.69, 9.17) is 22.1 Å². The predicted molar refractivity (Wildman–Crippen MR) is 80.5 cm³/mol. The second kappa shape index (κ2) is 11.1. The molecule has 0 aromatic carbocycles. The highest BCUT2D eigenvalue weighted by Gasteiger charge is 2.05. The molecule has 0 spiro atoms. The molecule has 1 unspecified atom stereocenters. The van der Waals surface area contributed by atoms with Crippen molar-refractivity contribution in [2.75, 3.05) is 13.2 Å². The summed E-state index contributed by atoms with van der Waals surface area (Å²) in [4.78, 5) is 15.2. The van der Waals surface area contributed by atoms with E-state index in [1.165, 1.54) is 0 Å². The highest BCUT2D eigenvalue weighted by Crippen LogP contribution is 2.19. The summed E-state index contributed by atoms with van der Waals surface area (Å²) in [5.41, 5.74) is 5.49. The van der Waals surface area contributed by atoms with Crippen molar-refractivity contribution >= 4 is 42.3 Å². The molecule has 110 valence electrons. The van der Waals surface area contributed by atoms with Crippen LogP contribution in [-0.4, -0.2) is 30.1 Å². The first-order chi connectivity index (χ1) is 8.09. The number of carbonyl (C=O) groups excluding carboxylic acids is 1. The maximum absolute atomic E-state index is 11.2. The lowest BCUT2D eigenvalue weighted by molar-refractivity contribution is -0.121. The van der Waals surface area contributed by atoms with Crippen LogP contribution in [0.5, 0.6) is 5.88 Å². The summed E-state index contributed by atoms with van der Waals surface area (Å²) in [5, 5.41) is 3.14. The Morgan fingerprint density at radius 3 is 2.84 bits per heavy atom. The van der Waals surface area contributed by atoms with E-state index >= 15 is 0 Å². The van der Waals surface area contributed by atoms with Gasteiger partial charge in [-0.05, 0) is 19.1 Å². The fourth-order valence-electron chi connectivity index (χ4n) is 1.18. The number of rotatable bonds is 6. The van der Waals surface area contributed by atoms with Gasteiger partial charge < -0.3 is 15.8 Å². The van der Waals surface area contributed by atoms with Crippen LogP contribution in [0.4, 0.5) is 0 Å². The fraction of sp³-hybridized carbons (Fsp3) is 0.455. The number of hydrogen-bond acceptors (Lipinski definition) is 4. The van der Waals surface area contributed by atoms with Gasteiger partial charge in [0.05, 0.1) is 6.54 Å². The van der Waals surface area contributed by atoms with Crippen LogP contribution in [0.3, 0.4) is 0 Å². The van der Waals surface area contributed by atoms with E-state index in [0.717, 1.165) is 0 Å². The minimum atomic E-state index is -0.138. The second-order valence-corrected chi connectivity index (χ2v) is 4.08. The molecule has 1 heterocycles. The zero-order valence-electron chi connectivity index (χ0n) is 10.5. The molecule has 1 atom stereocenters. The second-order valence-electron chi connectivity index (χ2n) is 3.67. The average Bonchev–Trinajstić information content (AvgIpc) is 2.25. The molecule has 0 fully saturated rings. The summed E-state index contributed by atoms with van der Waals surface area (Å²) < 4.78 is 5.30. The number of pyridine rings is 1. The van der Waals surface area contributed by atoms with Crippen LogP contribution in [-0.2, 0) is 4.79 Å². The molecule has 0 aliphatic carbocycles. The van der Waals surface area contributed by atoms with Crippen molar-refractivity contribution in [3.63, 3.8) is 0 Å². The van der Waals surface area contributed by atoms with Gasteiger partial charge in [0, 0.05) is 18.7 Å². The van der Waals surface area contributed by atoms with E-state index in [0.29, 0.717) is 30.5 Å². The maximum atomic E-state index is 11.2. The number of hydrogen-bond donors (Lipinski definition) is 2. The first-order valence-electron chi connectivity index (χ1n) is 5.35.